The van der Waals surface area contributed by atoms with E-state index in [0.717, 1.165) is 11.8 Å². The molecular weight excluding hydrogens is 248 g/mol. The zero-order valence-electron chi connectivity index (χ0n) is 9.76. The van der Waals surface area contributed by atoms with Gasteiger partial charge in [0.15, 0.2) is 0 Å². The van der Waals surface area contributed by atoms with Crippen LogP contribution < -0.4 is 0 Å². The summed E-state index contributed by atoms with van der Waals surface area (Å²) in [4.78, 5) is 0.676. The van der Waals surface area contributed by atoms with Crippen molar-refractivity contribution in [3.05, 3.63) is 34.9 Å². The number of hydrogen-bond acceptors (Lipinski definition) is 0. The van der Waals surface area contributed by atoms with Gasteiger partial charge in [0.05, 0.1) is 0 Å². The first kappa shape index (κ1) is 11.2. The minimum atomic E-state index is 0.676. The van der Waals surface area contributed by atoms with Gasteiger partial charge < -0.3 is 0 Å². The van der Waals surface area contributed by atoms with E-state index in [4.69, 9.17) is 0 Å². The Morgan fingerprint density at radius 1 is 1.33 bits per heavy atom. The first-order valence-corrected chi connectivity index (χ1v) is 6.69. The Morgan fingerprint density at radius 3 is 2.53 bits per heavy atom. The minimum absolute atomic E-state index is 0.676. The van der Waals surface area contributed by atoms with Crippen molar-refractivity contribution in [2.24, 2.45) is 11.8 Å². The fourth-order valence-corrected chi connectivity index (χ4v) is 3.27. The summed E-state index contributed by atoms with van der Waals surface area (Å²) in [6, 6.07) is 6.83. The van der Waals surface area contributed by atoms with Crippen LogP contribution in [-0.2, 0) is 6.42 Å². The monoisotopic (exact) mass is 266 g/mol. The molecule has 0 nitrogen and oxygen atoms in total. The molecule has 0 radical (unpaired) electrons. The molecule has 0 aliphatic heterocycles. The summed E-state index contributed by atoms with van der Waals surface area (Å²) in [5, 5.41) is 0. The van der Waals surface area contributed by atoms with Crippen molar-refractivity contribution in [1.29, 1.82) is 0 Å². The second-order valence-corrected chi connectivity index (χ2v) is 6.19. The van der Waals surface area contributed by atoms with Crippen LogP contribution in [0.15, 0.2) is 18.2 Å². The molecule has 0 aromatic heterocycles. The number of hydrogen-bond donors (Lipinski definition) is 0. The molecule has 3 atom stereocenters. The van der Waals surface area contributed by atoms with Crippen molar-refractivity contribution in [3.63, 3.8) is 0 Å². The molecule has 0 heterocycles. The number of alkyl halides is 1. The quantitative estimate of drug-likeness (QED) is 0.717. The van der Waals surface area contributed by atoms with Crippen LogP contribution in [0.25, 0.3) is 0 Å². The zero-order chi connectivity index (χ0) is 11.0. The highest BCUT2D eigenvalue weighted by Crippen LogP contribution is 2.44. The highest BCUT2D eigenvalue weighted by atomic mass is 79.9. The van der Waals surface area contributed by atoms with Crippen LogP contribution in [0.3, 0.4) is 0 Å². The van der Waals surface area contributed by atoms with Crippen LogP contribution in [0, 0.1) is 25.7 Å². The third kappa shape index (κ3) is 2.63. The van der Waals surface area contributed by atoms with Gasteiger partial charge in [0, 0.05) is 4.83 Å². The van der Waals surface area contributed by atoms with E-state index in [1.165, 1.54) is 29.5 Å². The third-order valence-electron chi connectivity index (χ3n) is 3.64. The third-order valence-corrected chi connectivity index (χ3v) is 4.64. The normalized spacial score (nSPS) is 26.4. The Labute approximate surface area is 101 Å². The number of halogens is 1. The molecular formula is C14H19Br. The van der Waals surface area contributed by atoms with Gasteiger partial charge in [-0.2, -0.15) is 0 Å². The smallest absolute Gasteiger partial charge is 0.0217 e. The first-order chi connectivity index (χ1) is 7.08. The van der Waals surface area contributed by atoms with Crippen LogP contribution >= 0.6 is 15.9 Å². The lowest BCUT2D eigenvalue weighted by Crippen LogP contribution is -2.06. The molecule has 1 aromatic rings. The maximum Gasteiger partial charge on any atom is 0.0217 e. The van der Waals surface area contributed by atoms with Gasteiger partial charge in [-0.15, -0.1) is 0 Å². The fourth-order valence-electron chi connectivity index (χ4n) is 2.16. The maximum absolute atomic E-state index is 3.82. The summed E-state index contributed by atoms with van der Waals surface area (Å²) in [7, 11) is 0. The van der Waals surface area contributed by atoms with Crippen molar-refractivity contribution < 1.29 is 0 Å². The molecule has 15 heavy (non-hydrogen) atoms. The molecule has 0 bridgehead atoms. The van der Waals surface area contributed by atoms with E-state index in [1.807, 2.05) is 0 Å². The average Bonchev–Trinajstić information content (AvgIpc) is 2.89. The van der Waals surface area contributed by atoms with Gasteiger partial charge in [-0.1, -0.05) is 41.1 Å². The van der Waals surface area contributed by atoms with Crippen molar-refractivity contribution in [2.75, 3.05) is 0 Å². The second-order valence-electron chi connectivity index (χ2n) is 5.02. The Kier molecular flexibility index (Phi) is 3.20. The van der Waals surface area contributed by atoms with Crippen molar-refractivity contribution in [2.45, 2.75) is 38.4 Å². The molecule has 1 heteroatoms. The molecule has 1 aliphatic rings. The van der Waals surface area contributed by atoms with E-state index in [2.05, 4.69) is 54.9 Å². The van der Waals surface area contributed by atoms with Gasteiger partial charge in [0.2, 0.25) is 0 Å². The zero-order valence-corrected chi connectivity index (χ0v) is 11.3. The van der Waals surface area contributed by atoms with E-state index in [1.54, 1.807) is 0 Å². The lowest BCUT2D eigenvalue weighted by Gasteiger charge is -2.10. The van der Waals surface area contributed by atoms with Gasteiger partial charge in [-0.3, -0.25) is 0 Å². The lowest BCUT2D eigenvalue weighted by atomic mass is 10.0. The van der Waals surface area contributed by atoms with Gasteiger partial charge in [0.25, 0.3) is 0 Å². The summed E-state index contributed by atoms with van der Waals surface area (Å²) < 4.78 is 0. The van der Waals surface area contributed by atoms with Crippen molar-refractivity contribution in [1.82, 2.24) is 0 Å². The predicted molar refractivity (Wildman–Crippen MR) is 69.6 cm³/mol. The van der Waals surface area contributed by atoms with Gasteiger partial charge >= 0.3 is 0 Å². The summed E-state index contributed by atoms with van der Waals surface area (Å²) in [5.41, 5.74) is 4.28. The van der Waals surface area contributed by atoms with Crippen LogP contribution in [0.5, 0.6) is 0 Å². The molecule has 2 rings (SSSR count). The Hall–Kier alpha value is -0.300. The average molecular weight is 267 g/mol. The Bertz CT molecular complexity index is 356. The molecule has 0 spiro atoms. The molecule has 1 aliphatic carbocycles. The van der Waals surface area contributed by atoms with E-state index < -0.39 is 0 Å². The highest BCUT2D eigenvalue weighted by molar-refractivity contribution is 9.09. The standard InChI is InChI=1S/C14H19Br/c1-9-4-5-12(6-10(9)2)8-14(15)13-7-11(13)3/h4-6,11,13-14H,7-8H2,1-3H3. The Balaban J connectivity index is 2.01. The molecule has 0 saturated heterocycles. The van der Waals surface area contributed by atoms with E-state index in [-0.39, 0.29) is 0 Å². The molecule has 1 fully saturated rings. The first-order valence-electron chi connectivity index (χ1n) is 5.78. The summed E-state index contributed by atoms with van der Waals surface area (Å²) >= 11 is 3.82. The fraction of sp³-hybridized carbons (Fsp3) is 0.571. The number of rotatable bonds is 3. The SMILES string of the molecule is Cc1ccc(CC(Br)C2CC2C)cc1C. The lowest BCUT2D eigenvalue weighted by molar-refractivity contribution is 0.701. The molecule has 3 unspecified atom stereocenters. The van der Waals surface area contributed by atoms with E-state index in [0.29, 0.717) is 4.83 Å². The summed E-state index contributed by atoms with van der Waals surface area (Å²) in [6.45, 7) is 6.72. The molecule has 1 saturated carbocycles. The minimum Gasteiger partial charge on any atom is -0.0884 e. The molecule has 1 aromatic carbocycles. The van der Waals surface area contributed by atoms with Gasteiger partial charge in [-0.05, 0) is 55.2 Å². The molecule has 0 N–H and O–H groups in total. The van der Waals surface area contributed by atoms with Crippen LogP contribution in [0.2, 0.25) is 0 Å². The predicted octanol–water partition coefficient (Wildman–Crippen LogP) is 4.27. The second kappa shape index (κ2) is 4.29. The van der Waals surface area contributed by atoms with E-state index >= 15 is 0 Å². The molecule has 82 valence electrons. The number of aryl methyl sites for hydroxylation is 2. The summed E-state index contributed by atoms with van der Waals surface area (Å²) in [5.74, 6) is 1.84. The molecule has 0 amide bonds. The van der Waals surface area contributed by atoms with Crippen molar-refractivity contribution >= 4 is 15.9 Å². The van der Waals surface area contributed by atoms with Crippen LogP contribution in [-0.4, -0.2) is 4.83 Å². The van der Waals surface area contributed by atoms with Crippen molar-refractivity contribution in [3.8, 4) is 0 Å². The Morgan fingerprint density at radius 2 is 2.00 bits per heavy atom. The van der Waals surface area contributed by atoms with Crippen LogP contribution in [0.1, 0.15) is 30.0 Å². The largest absolute Gasteiger partial charge is 0.0884 e. The maximum atomic E-state index is 3.82. The summed E-state index contributed by atoms with van der Waals surface area (Å²) in [6.07, 6.45) is 2.58. The van der Waals surface area contributed by atoms with Crippen LogP contribution in [0.4, 0.5) is 0 Å². The van der Waals surface area contributed by atoms with E-state index in [9.17, 15) is 0 Å². The van der Waals surface area contributed by atoms with Gasteiger partial charge in [0.1, 0.15) is 0 Å². The highest BCUT2D eigenvalue weighted by Gasteiger charge is 2.37. The number of benzene rings is 1. The van der Waals surface area contributed by atoms with Gasteiger partial charge in [-0.25, -0.2) is 0 Å². The topological polar surface area (TPSA) is 0 Å².